The second-order valence-corrected chi connectivity index (χ2v) is 20.6. The van der Waals surface area contributed by atoms with Gasteiger partial charge in [0.25, 0.3) is 23.0 Å². The van der Waals surface area contributed by atoms with Crippen molar-refractivity contribution in [1.29, 1.82) is 0 Å². The van der Waals surface area contributed by atoms with Crippen molar-refractivity contribution in [2.24, 2.45) is 11.6 Å². The molecule has 22 heteroatoms. The Kier molecular flexibility index (Phi) is 43.6. The summed E-state index contributed by atoms with van der Waals surface area (Å²) < 4.78 is 9.05. The molecule has 0 bridgehead atoms. The number of hydrogen-bond acceptors (Lipinski definition) is 15. The summed E-state index contributed by atoms with van der Waals surface area (Å²) in [6, 6.07) is 53.8. The Morgan fingerprint density at radius 2 is 0.761 bits per heavy atom. The number of carbonyl (C=O) groups excluding carboxylic acids is 7. The largest absolute Gasteiger partial charge is 1.00 e. The Bertz CT molecular complexity index is 3390. The van der Waals surface area contributed by atoms with Crippen molar-refractivity contribution < 1.29 is 87.7 Å². The van der Waals surface area contributed by atoms with Crippen molar-refractivity contribution in [1.82, 2.24) is 21.4 Å². The molecule has 0 spiro atoms. The van der Waals surface area contributed by atoms with Crippen molar-refractivity contribution in [2.75, 3.05) is 40.4 Å². The number of rotatable bonds is 27. The van der Waals surface area contributed by atoms with E-state index in [4.69, 9.17) is 32.9 Å². The van der Waals surface area contributed by atoms with Crippen molar-refractivity contribution >= 4 is 101 Å². The van der Waals surface area contributed by atoms with Crippen LogP contribution in [0.15, 0.2) is 170 Å². The predicted octanol–water partition coefficient (Wildman–Crippen LogP) is 9.21. The molecule has 92 heavy (non-hydrogen) atoms. The average molecular weight is 1280 g/mol. The second-order valence-electron chi connectivity index (χ2n) is 20.3. The molecule has 0 heterocycles. The fourth-order valence-electron chi connectivity index (χ4n) is 9.06. The number of carboxylic acid groups (broad SMARTS) is 1. The number of halogens is 1. The first-order valence-electron chi connectivity index (χ1n) is 29.9. The number of fused-ring (bicyclic) bond motifs is 4. The van der Waals surface area contributed by atoms with Crippen LogP contribution in [0, 0.1) is 0 Å². The number of carbonyl (C=O) groups is 8. The number of ether oxygens (including phenoxy) is 2. The molecule has 0 aliphatic heterocycles. The van der Waals surface area contributed by atoms with E-state index in [1.165, 1.54) is 14.2 Å². The second kappa shape index (κ2) is 49.2. The topological polar surface area (TPSA) is 346 Å². The molecule has 0 saturated heterocycles. The van der Waals surface area contributed by atoms with E-state index in [0.717, 1.165) is 107 Å². The first kappa shape index (κ1) is 81.5. The van der Waals surface area contributed by atoms with E-state index in [2.05, 4.69) is 31.3 Å². The number of nitrogens with two attached hydrogens (primary N) is 2. The van der Waals surface area contributed by atoms with Gasteiger partial charge in [-0.2, -0.15) is 0 Å². The third kappa shape index (κ3) is 31.5. The van der Waals surface area contributed by atoms with E-state index in [0.29, 0.717) is 80.5 Å². The van der Waals surface area contributed by atoms with Crippen LogP contribution in [0.2, 0.25) is 0 Å². The number of nitrogens with one attached hydrogen (secondary N) is 4. The summed E-state index contributed by atoms with van der Waals surface area (Å²) in [4.78, 5) is 90.3. The first-order chi connectivity index (χ1) is 43.7. The fourth-order valence-corrected chi connectivity index (χ4v) is 9.18. The van der Waals surface area contributed by atoms with E-state index in [1.807, 2.05) is 158 Å². The van der Waals surface area contributed by atoms with Gasteiger partial charge < -0.3 is 46.9 Å². The normalized spacial score (nSPS) is 9.90. The molecule has 8 rings (SSSR count). The number of aliphatic carboxylic acids is 1. The van der Waals surface area contributed by atoms with Gasteiger partial charge >= 0.3 is 36.8 Å². The molecule has 0 aliphatic carbocycles. The maximum absolute atomic E-state index is 12.3. The fraction of sp³-hybridized carbons (Fsp3) is 0.314. The molecule has 8 aromatic rings. The third-order valence-corrected chi connectivity index (χ3v) is 14.0. The Morgan fingerprint density at radius 3 is 1.12 bits per heavy atom. The maximum atomic E-state index is 12.3. The number of amides is 4. The van der Waals surface area contributed by atoms with E-state index in [9.17, 15) is 38.4 Å². The van der Waals surface area contributed by atoms with Crippen LogP contribution < -0.4 is 51.9 Å². The maximum Gasteiger partial charge on any atom is 1.00 e. The summed E-state index contributed by atoms with van der Waals surface area (Å²) in [5.74, 6) is 1.84. The number of carboxylic acids is 1. The van der Waals surface area contributed by atoms with Gasteiger partial charge in [0.2, 0.25) is 5.91 Å². The van der Waals surface area contributed by atoms with Gasteiger partial charge in [0.15, 0.2) is 0 Å². The van der Waals surface area contributed by atoms with Crippen LogP contribution in [0.5, 0.6) is 0 Å². The molecule has 0 unspecified atom stereocenters. The monoisotopic (exact) mass is 1280 g/mol. The molecule has 20 nitrogen and oxygen atoms in total. The third-order valence-electron chi connectivity index (χ3n) is 13.8. The summed E-state index contributed by atoms with van der Waals surface area (Å²) in [7, 11) is 2.80. The molecule has 0 aromatic heterocycles. The van der Waals surface area contributed by atoms with E-state index < -0.39 is 11.2 Å². The molecule has 4 amide bonds. The molecular formula is C70H86ClLiN6O14. The average Bonchev–Trinajstić information content (AvgIpc) is 0.887. The number of hydroxylamine groups is 1. The minimum atomic E-state index is -0.769. The SMILES string of the molecule is COC(=O)CCCCCN.COC(=O)CCCCCNC(=O)c1cccc2ccccc12.NO.O=C(CCCCCNC(=O)c1cccc2ccccc12)NO.O=C(Cl)c1ccc2ccccc2c1.O=C(O)CCCCCNC(=O)c1cccc2ccccc12.[Li+].[OH-]. The van der Waals surface area contributed by atoms with Gasteiger partial charge in [-0.05, 0) is 143 Å². The van der Waals surface area contributed by atoms with Gasteiger partial charge in [-0.15, -0.1) is 0 Å². The minimum Gasteiger partial charge on any atom is -0.870 e. The van der Waals surface area contributed by atoms with Crippen LogP contribution in [0.3, 0.4) is 0 Å². The van der Waals surface area contributed by atoms with Gasteiger partial charge in [0.05, 0.1) is 14.2 Å². The summed E-state index contributed by atoms with van der Waals surface area (Å²) in [6.07, 6.45) is 11.5. The summed E-state index contributed by atoms with van der Waals surface area (Å²) in [6.45, 7) is 2.47. The van der Waals surface area contributed by atoms with Crippen molar-refractivity contribution in [3.8, 4) is 0 Å². The molecule has 0 saturated carbocycles. The van der Waals surface area contributed by atoms with Crippen LogP contribution >= 0.6 is 11.6 Å². The smallest absolute Gasteiger partial charge is 0.870 e. The Morgan fingerprint density at radius 1 is 0.424 bits per heavy atom. The Balaban J connectivity index is 0.000000582. The van der Waals surface area contributed by atoms with Crippen LogP contribution in [-0.4, -0.2) is 108 Å². The summed E-state index contributed by atoms with van der Waals surface area (Å²) in [5, 5.41) is 39.9. The van der Waals surface area contributed by atoms with Gasteiger partial charge in [0, 0.05) is 67.6 Å². The van der Waals surface area contributed by atoms with Gasteiger partial charge in [0.1, 0.15) is 0 Å². The van der Waals surface area contributed by atoms with E-state index in [1.54, 1.807) is 17.6 Å². The molecule has 0 fully saturated rings. The molecule has 488 valence electrons. The molecular weight excluding hydrogens is 1190 g/mol. The summed E-state index contributed by atoms with van der Waals surface area (Å²) >= 11 is 5.36. The predicted molar refractivity (Wildman–Crippen MR) is 355 cm³/mol. The first-order valence-corrected chi connectivity index (χ1v) is 30.3. The van der Waals surface area contributed by atoms with Crippen molar-refractivity contribution in [3.05, 3.63) is 192 Å². The molecule has 0 aliphatic rings. The summed E-state index contributed by atoms with van der Waals surface area (Å²) in [5.41, 5.74) is 9.47. The number of benzene rings is 8. The van der Waals surface area contributed by atoms with Crippen LogP contribution in [-0.2, 0) is 28.7 Å². The molecule has 12 N–H and O–H groups in total. The number of hydrogen-bond donors (Lipinski definition) is 9. The quantitative estimate of drug-likeness (QED) is 0.00578. The zero-order chi connectivity index (χ0) is 65.7. The number of esters is 2. The van der Waals surface area contributed by atoms with Crippen molar-refractivity contribution in [2.45, 2.75) is 103 Å². The van der Waals surface area contributed by atoms with Gasteiger partial charge in [-0.1, -0.05) is 165 Å². The zero-order valence-corrected chi connectivity index (χ0v) is 53.5. The van der Waals surface area contributed by atoms with E-state index >= 15 is 0 Å². The van der Waals surface area contributed by atoms with Crippen molar-refractivity contribution in [3.63, 3.8) is 0 Å². The minimum absolute atomic E-state index is 0. The standard InChI is InChI=1S/C18H21NO3.C17H20N2O3.C17H19NO3.C11H7ClO.C7H15NO2.Li.H3NO.H2O/c1-22-17(20)12-3-2-6-13-19-18(21)16-11-7-9-14-8-4-5-10-15(14)16;20-16(19-22)11-2-1-5-12-18-17(21)15-10-6-8-13-7-3-4-9-14(13)15;19-16(20)11-2-1-5-12-18-17(21)15-10-6-8-13-7-3-4-9-14(13)15;12-11(13)10-6-5-8-3-1-2-4-9(8)7-10;1-10-7(9)5-3-2-4-6-8;;1-2;/h4-5,7-11H,2-3,6,12-13H2,1H3,(H,19,21);3-4,6-10,22H,1-2,5,11-12H2,(H,18,21)(H,19,20);3-4,6-10H,1-2,5,11-12H2,(H,18,21)(H,19,20);1-7H;2-6,8H2,1H3;;2H,1H2;1H2/q;;;;;+1;;/p-1. The Hall–Kier alpha value is -8.55. The number of methoxy groups -OCH3 is 2. The molecule has 0 atom stereocenters. The number of unbranched alkanes of at least 4 members (excludes halogenated alkanes) is 8. The van der Waals surface area contributed by atoms with Gasteiger partial charge in [-0.25, -0.2) is 11.4 Å². The van der Waals surface area contributed by atoms with Gasteiger partial charge in [-0.3, -0.25) is 43.6 Å². The zero-order valence-electron chi connectivity index (χ0n) is 52.7. The molecule has 0 radical (unpaired) electrons. The van der Waals surface area contributed by atoms with Crippen LogP contribution in [0.4, 0.5) is 0 Å². The van der Waals surface area contributed by atoms with E-state index in [-0.39, 0.29) is 66.3 Å². The molecule has 8 aromatic carbocycles. The van der Waals surface area contributed by atoms with Crippen LogP contribution in [0.25, 0.3) is 43.1 Å². The Labute approximate surface area is 554 Å². The van der Waals surface area contributed by atoms with Crippen LogP contribution in [0.1, 0.15) is 144 Å².